The molecule has 1 fully saturated rings. The zero-order valence-electron chi connectivity index (χ0n) is 24.2. The van der Waals surface area contributed by atoms with Crippen LogP contribution < -0.4 is 15.4 Å². The zero-order valence-corrected chi connectivity index (χ0v) is 24.2. The van der Waals surface area contributed by atoms with E-state index in [0.29, 0.717) is 25.9 Å². The maximum Gasteiger partial charge on any atom is 0.414 e. The van der Waals surface area contributed by atoms with Crippen molar-refractivity contribution in [1.29, 1.82) is 0 Å². The first-order valence-corrected chi connectivity index (χ1v) is 13.7. The fourth-order valence-corrected chi connectivity index (χ4v) is 3.61. The number of aliphatic hydroxyl groups is 1. The molecule has 0 bridgehead atoms. The number of aliphatic hydroxyl groups excluding tert-OH is 1. The molecule has 4 rings (SSSR count). The highest BCUT2D eigenvalue weighted by Crippen LogP contribution is 2.16. The molecule has 3 heterocycles. The average molecular weight is 565 g/mol. The lowest BCUT2D eigenvalue weighted by Gasteiger charge is -2.09. The SMILES string of the molecule is CCC(=O)NC.CCc1ccc(CCOc2ccc(CC3OC(=O)NC3=O)cc2)nc1.Cc1cccnc1CCO. The smallest absolute Gasteiger partial charge is 0.414 e. The molecule has 41 heavy (non-hydrogen) atoms. The summed E-state index contributed by atoms with van der Waals surface area (Å²) in [6.45, 7) is 6.64. The predicted octanol–water partition coefficient (Wildman–Crippen LogP) is 3.51. The van der Waals surface area contributed by atoms with E-state index < -0.39 is 18.1 Å². The lowest BCUT2D eigenvalue weighted by molar-refractivity contribution is -0.123. The highest BCUT2D eigenvalue weighted by Gasteiger charge is 2.31. The van der Waals surface area contributed by atoms with Crippen molar-refractivity contribution < 1.29 is 29.0 Å². The van der Waals surface area contributed by atoms with Gasteiger partial charge in [0, 0.05) is 63.1 Å². The monoisotopic (exact) mass is 564 g/mol. The number of aryl methyl sites for hydroxylation is 2. The third kappa shape index (κ3) is 12.2. The van der Waals surface area contributed by atoms with Gasteiger partial charge in [-0.2, -0.15) is 0 Å². The Morgan fingerprint density at radius 3 is 2.29 bits per heavy atom. The summed E-state index contributed by atoms with van der Waals surface area (Å²) < 4.78 is 10.6. The third-order valence-corrected chi connectivity index (χ3v) is 6.10. The summed E-state index contributed by atoms with van der Waals surface area (Å²) in [4.78, 5) is 41.1. The van der Waals surface area contributed by atoms with Gasteiger partial charge in [-0.1, -0.05) is 38.1 Å². The highest BCUT2D eigenvalue weighted by molar-refractivity contribution is 6.00. The second kappa shape index (κ2) is 18.1. The van der Waals surface area contributed by atoms with Gasteiger partial charge < -0.3 is 19.9 Å². The van der Waals surface area contributed by atoms with Gasteiger partial charge in [0.05, 0.1) is 6.61 Å². The molecule has 220 valence electrons. The lowest BCUT2D eigenvalue weighted by Crippen LogP contribution is -2.25. The Kier molecular flexibility index (Phi) is 14.5. The van der Waals surface area contributed by atoms with Crippen molar-refractivity contribution in [1.82, 2.24) is 20.6 Å². The molecule has 1 unspecified atom stereocenters. The maximum atomic E-state index is 11.5. The van der Waals surface area contributed by atoms with E-state index in [2.05, 4.69) is 33.6 Å². The molecule has 0 spiro atoms. The molecule has 0 radical (unpaired) electrons. The molecule has 10 nitrogen and oxygen atoms in total. The number of hydrogen-bond acceptors (Lipinski definition) is 8. The number of imide groups is 1. The average Bonchev–Trinajstić information content (AvgIpc) is 3.31. The topological polar surface area (TPSA) is 140 Å². The van der Waals surface area contributed by atoms with Gasteiger partial charge in [0.2, 0.25) is 5.91 Å². The van der Waals surface area contributed by atoms with Crippen LogP contribution >= 0.6 is 0 Å². The fraction of sp³-hybridized carbons (Fsp3) is 0.387. The number of cyclic esters (lactones) is 1. The lowest BCUT2D eigenvalue weighted by atomic mass is 10.1. The Balaban J connectivity index is 0.000000301. The van der Waals surface area contributed by atoms with Crippen LogP contribution in [0.1, 0.15) is 48.3 Å². The van der Waals surface area contributed by atoms with Gasteiger partial charge in [0.1, 0.15) is 5.75 Å². The number of ether oxygens (including phenoxy) is 2. The number of hydrogen-bond donors (Lipinski definition) is 3. The van der Waals surface area contributed by atoms with Crippen LogP contribution in [0, 0.1) is 6.92 Å². The first-order valence-electron chi connectivity index (χ1n) is 13.7. The zero-order chi connectivity index (χ0) is 30.0. The molecule has 1 aliphatic heterocycles. The van der Waals surface area contributed by atoms with E-state index in [1.807, 2.05) is 62.5 Å². The first kappa shape index (κ1) is 32.9. The Morgan fingerprint density at radius 2 is 1.78 bits per heavy atom. The van der Waals surface area contributed by atoms with Gasteiger partial charge in [-0.3, -0.25) is 24.9 Å². The maximum absolute atomic E-state index is 11.5. The molecule has 3 amide bonds. The van der Waals surface area contributed by atoms with E-state index in [4.69, 9.17) is 14.6 Å². The van der Waals surface area contributed by atoms with E-state index >= 15 is 0 Å². The van der Waals surface area contributed by atoms with Crippen LogP contribution in [0.2, 0.25) is 0 Å². The molecule has 3 aromatic rings. The molecule has 1 saturated heterocycles. The molecule has 0 aliphatic carbocycles. The van der Waals surface area contributed by atoms with Crippen molar-refractivity contribution in [3.63, 3.8) is 0 Å². The molecule has 1 aliphatic rings. The summed E-state index contributed by atoms with van der Waals surface area (Å²) in [5.74, 6) is 0.448. The number of nitrogens with zero attached hydrogens (tertiary/aromatic N) is 2. The number of rotatable bonds is 10. The van der Waals surface area contributed by atoms with Crippen molar-refractivity contribution >= 4 is 17.9 Å². The number of carbonyl (C=O) groups is 3. The third-order valence-electron chi connectivity index (χ3n) is 6.10. The van der Waals surface area contributed by atoms with E-state index in [9.17, 15) is 14.4 Å². The second-order valence-corrected chi connectivity index (χ2v) is 9.11. The number of amides is 3. The standard InChI is InChI=1S/C19H20N2O4.C8H11NO.C4H9NO/c1-2-13-3-6-15(20-12-13)9-10-24-16-7-4-14(5-8-16)11-17-18(22)21-19(23)25-17;1-7-3-2-5-9-8(7)4-6-10;1-3-4(6)5-2/h3-8,12,17H,2,9-11H2,1H3,(H,21,22,23);2-3,5,10H,4,6H2,1H3;3H2,1-2H3,(H,5,6). The second-order valence-electron chi connectivity index (χ2n) is 9.11. The van der Waals surface area contributed by atoms with Gasteiger partial charge in [-0.25, -0.2) is 4.79 Å². The van der Waals surface area contributed by atoms with E-state index in [1.165, 1.54) is 5.56 Å². The van der Waals surface area contributed by atoms with Crippen molar-refractivity contribution in [2.75, 3.05) is 20.3 Å². The number of alkyl carbamates (subject to hydrolysis) is 1. The van der Waals surface area contributed by atoms with Crippen LogP contribution in [-0.2, 0) is 40.0 Å². The Morgan fingerprint density at radius 1 is 1.05 bits per heavy atom. The van der Waals surface area contributed by atoms with Crippen LogP contribution in [0.25, 0.3) is 0 Å². The van der Waals surface area contributed by atoms with Crippen molar-refractivity contribution in [3.05, 3.63) is 89.0 Å². The summed E-state index contributed by atoms with van der Waals surface area (Å²) in [7, 11) is 1.63. The number of nitrogens with one attached hydrogen (secondary N) is 2. The number of benzene rings is 1. The molecule has 2 aromatic heterocycles. The van der Waals surface area contributed by atoms with Crippen LogP contribution in [0.5, 0.6) is 5.75 Å². The van der Waals surface area contributed by atoms with Crippen molar-refractivity contribution in [2.24, 2.45) is 0 Å². The number of carbonyl (C=O) groups excluding carboxylic acids is 3. The molecule has 10 heteroatoms. The largest absolute Gasteiger partial charge is 0.493 e. The Bertz CT molecular complexity index is 1230. The molecule has 1 atom stereocenters. The van der Waals surface area contributed by atoms with E-state index in [0.717, 1.165) is 41.1 Å². The van der Waals surface area contributed by atoms with Crippen molar-refractivity contribution in [2.45, 2.75) is 59.0 Å². The number of aromatic nitrogens is 2. The summed E-state index contributed by atoms with van der Waals surface area (Å²) in [5, 5.41) is 13.2. The quantitative estimate of drug-likeness (QED) is 0.340. The minimum absolute atomic E-state index is 0.0926. The number of pyridine rings is 2. The van der Waals surface area contributed by atoms with Crippen molar-refractivity contribution in [3.8, 4) is 5.75 Å². The summed E-state index contributed by atoms with van der Waals surface area (Å²) >= 11 is 0. The summed E-state index contributed by atoms with van der Waals surface area (Å²) in [6, 6.07) is 15.4. The van der Waals surface area contributed by atoms with Gasteiger partial charge in [0.25, 0.3) is 5.91 Å². The molecule has 1 aromatic carbocycles. The van der Waals surface area contributed by atoms with Gasteiger partial charge in [0.15, 0.2) is 6.10 Å². The molecular weight excluding hydrogens is 524 g/mol. The van der Waals surface area contributed by atoms with Crippen LogP contribution in [0.3, 0.4) is 0 Å². The highest BCUT2D eigenvalue weighted by atomic mass is 16.6. The van der Waals surface area contributed by atoms with Gasteiger partial charge >= 0.3 is 6.09 Å². The van der Waals surface area contributed by atoms with Crippen LogP contribution in [-0.4, -0.2) is 59.3 Å². The Labute approximate surface area is 241 Å². The van der Waals surface area contributed by atoms with E-state index in [1.54, 1.807) is 13.2 Å². The fourth-order valence-electron chi connectivity index (χ4n) is 3.61. The predicted molar refractivity (Wildman–Crippen MR) is 155 cm³/mol. The van der Waals surface area contributed by atoms with E-state index in [-0.39, 0.29) is 12.5 Å². The minimum Gasteiger partial charge on any atom is -0.493 e. The summed E-state index contributed by atoms with van der Waals surface area (Å²) in [6.07, 6.45) is 5.52. The molecule has 0 saturated carbocycles. The molecule has 3 N–H and O–H groups in total. The van der Waals surface area contributed by atoms with Crippen LogP contribution in [0.15, 0.2) is 60.9 Å². The summed E-state index contributed by atoms with van der Waals surface area (Å²) in [5.41, 5.74) is 5.27. The minimum atomic E-state index is -0.753. The normalized spacial score (nSPS) is 13.5. The Hall–Kier alpha value is -4.31. The molecular formula is C31H40N4O6. The van der Waals surface area contributed by atoms with Gasteiger partial charge in [-0.05, 0) is 54.3 Å². The van der Waals surface area contributed by atoms with Crippen LogP contribution in [0.4, 0.5) is 4.79 Å². The van der Waals surface area contributed by atoms with Gasteiger partial charge in [-0.15, -0.1) is 0 Å². The first-order chi connectivity index (χ1) is 19.8.